The van der Waals surface area contributed by atoms with Crippen molar-refractivity contribution in [2.75, 3.05) is 31.6 Å². The molecule has 1 atom stereocenters. The molecule has 2 fully saturated rings. The van der Waals surface area contributed by atoms with Gasteiger partial charge in [0, 0.05) is 38.2 Å². The van der Waals surface area contributed by atoms with Crippen LogP contribution >= 0.6 is 0 Å². The zero-order valence-electron chi connectivity index (χ0n) is 13.6. The molecule has 1 aliphatic carbocycles. The molecule has 0 unspecified atom stereocenters. The molecular formula is C17H21F2N3O2. The van der Waals surface area contributed by atoms with Crippen molar-refractivity contribution in [2.45, 2.75) is 25.3 Å². The summed E-state index contributed by atoms with van der Waals surface area (Å²) < 4.78 is 26.8. The smallest absolute Gasteiger partial charge is 0.227 e. The number of halogens is 2. The first-order valence-electron chi connectivity index (χ1n) is 8.19. The van der Waals surface area contributed by atoms with Gasteiger partial charge in [-0.2, -0.15) is 0 Å². The molecule has 1 N–H and O–H groups in total. The fourth-order valence-corrected chi connectivity index (χ4v) is 3.01. The maximum atomic E-state index is 13.8. The lowest BCUT2D eigenvalue weighted by Gasteiger charge is -2.18. The second kappa shape index (κ2) is 6.84. The van der Waals surface area contributed by atoms with E-state index in [0.717, 1.165) is 18.7 Å². The van der Waals surface area contributed by atoms with Gasteiger partial charge in [0.15, 0.2) is 0 Å². The van der Waals surface area contributed by atoms with Gasteiger partial charge in [-0.3, -0.25) is 9.59 Å². The first-order valence-corrected chi connectivity index (χ1v) is 8.19. The van der Waals surface area contributed by atoms with Gasteiger partial charge in [-0.15, -0.1) is 0 Å². The molecular weight excluding hydrogens is 316 g/mol. The summed E-state index contributed by atoms with van der Waals surface area (Å²) in [6.07, 6.45) is 2.46. The number of likely N-dealkylation sites (N-methyl/N-ethyl adjacent to an activating group) is 1. The summed E-state index contributed by atoms with van der Waals surface area (Å²) in [5, 5.41) is 2.84. The van der Waals surface area contributed by atoms with Crippen molar-refractivity contribution in [1.29, 1.82) is 0 Å². The van der Waals surface area contributed by atoms with Gasteiger partial charge in [0.1, 0.15) is 11.6 Å². The summed E-state index contributed by atoms with van der Waals surface area (Å²) in [5.41, 5.74) is 0.0187. The lowest BCUT2D eigenvalue weighted by Crippen LogP contribution is -2.38. The second-order valence-corrected chi connectivity index (χ2v) is 6.50. The zero-order chi connectivity index (χ0) is 17.3. The van der Waals surface area contributed by atoms with Gasteiger partial charge in [0.2, 0.25) is 11.8 Å². The Morgan fingerprint density at radius 1 is 1.38 bits per heavy atom. The predicted octanol–water partition coefficient (Wildman–Crippen LogP) is 1.53. The molecule has 1 saturated heterocycles. The van der Waals surface area contributed by atoms with Crippen molar-refractivity contribution >= 4 is 17.5 Å². The number of amides is 2. The number of hydrogen-bond donors (Lipinski definition) is 1. The maximum absolute atomic E-state index is 13.8. The van der Waals surface area contributed by atoms with E-state index in [9.17, 15) is 18.4 Å². The molecule has 1 aromatic rings. The number of nitrogens with one attached hydrogen (secondary N) is 1. The molecule has 0 spiro atoms. The predicted molar refractivity (Wildman–Crippen MR) is 85.5 cm³/mol. The summed E-state index contributed by atoms with van der Waals surface area (Å²) in [4.78, 5) is 27.7. The van der Waals surface area contributed by atoms with E-state index in [1.807, 2.05) is 7.05 Å². The molecule has 7 heteroatoms. The summed E-state index contributed by atoms with van der Waals surface area (Å²) in [7, 11) is 2.03. The van der Waals surface area contributed by atoms with Gasteiger partial charge in [-0.25, -0.2) is 8.78 Å². The van der Waals surface area contributed by atoms with E-state index < -0.39 is 17.6 Å². The molecule has 130 valence electrons. The molecule has 1 saturated carbocycles. The average Bonchev–Trinajstić information content (AvgIpc) is 3.31. The van der Waals surface area contributed by atoms with Gasteiger partial charge in [-0.1, -0.05) is 0 Å². The van der Waals surface area contributed by atoms with Crippen LogP contribution in [0.3, 0.4) is 0 Å². The van der Waals surface area contributed by atoms with Crippen molar-refractivity contribution < 1.29 is 18.4 Å². The van der Waals surface area contributed by atoms with E-state index in [-0.39, 0.29) is 30.5 Å². The van der Waals surface area contributed by atoms with Crippen molar-refractivity contribution in [3.8, 4) is 0 Å². The zero-order valence-corrected chi connectivity index (χ0v) is 13.6. The van der Waals surface area contributed by atoms with Crippen LogP contribution in [0, 0.1) is 17.6 Å². The lowest BCUT2D eigenvalue weighted by atomic mass is 10.1. The molecule has 5 nitrogen and oxygen atoms in total. The number of rotatable bonds is 6. The summed E-state index contributed by atoms with van der Waals surface area (Å²) in [5.74, 6) is -2.52. The second-order valence-electron chi connectivity index (χ2n) is 6.50. The molecule has 0 aromatic heterocycles. The maximum Gasteiger partial charge on any atom is 0.227 e. The fraction of sp³-hybridized carbons (Fsp3) is 0.529. The van der Waals surface area contributed by atoms with Crippen LogP contribution in [0.1, 0.15) is 19.3 Å². The Labute approximate surface area is 139 Å². The van der Waals surface area contributed by atoms with Crippen LogP contribution in [-0.2, 0) is 9.59 Å². The third kappa shape index (κ3) is 3.72. The number of hydrogen-bond acceptors (Lipinski definition) is 3. The Bertz CT molecular complexity index is 649. The number of anilines is 1. The fourth-order valence-electron chi connectivity index (χ4n) is 3.01. The van der Waals surface area contributed by atoms with Crippen LogP contribution in [0.2, 0.25) is 0 Å². The topological polar surface area (TPSA) is 52.7 Å². The van der Waals surface area contributed by atoms with Gasteiger partial charge >= 0.3 is 0 Å². The average molecular weight is 337 g/mol. The number of carbonyl (C=O) groups excluding carboxylic acids is 2. The molecule has 0 radical (unpaired) electrons. The molecule has 1 aromatic carbocycles. The first kappa shape index (κ1) is 16.8. The van der Waals surface area contributed by atoms with Crippen molar-refractivity contribution in [1.82, 2.24) is 10.2 Å². The number of benzene rings is 1. The van der Waals surface area contributed by atoms with E-state index in [4.69, 9.17) is 0 Å². The Kier molecular flexibility index (Phi) is 4.80. The molecule has 2 amide bonds. The first-order chi connectivity index (χ1) is 11.5. The highest BCUT2D eigenvalue weighted by molar-refractivity contribution is 6.00. The third-order valence-electron chi connectivity index (χ3n) is 4.63. The van der Waals surface area contributed by atoms with E-state index in [0.29, 0.717) is 12.6 Å². The van der Waals surface area contributed by atoms with Crippen LogP contribution in [0.15, 0.2) is 18.2 Å². The highest BCUT2D eigenvalue weighted by atomic mass is 19.1. The molecule has 1 aliphatic heterocycles. The SMILES string of the molecule is CN(CCNC(=O)[C@H]1CC(=O)N(c2ccc(F)cc2F)C1)C1CC1. The standard InChI is InChI=1S/C17H21F2N3O2/c1-21(13-3-4-13)7-6-20-17(24)11-8-16(23)22(10-11)15-5-2-12(18)9-14(15)19/h2,5,9,11,13H,3-4,6-8,10H2,1H3,(H,20,24)/t11-/m0/s1. The van der Waals surface area contributed by atoms with Gasteiger partial charge in [0.05, 0.1) is 11.6 Å². The Morgan fingerprint density at radius 3 is 2.79 bits per heavy atom. The monoisotopic (exact) mass is 337 g/mol. The van der Waals surface area contributed by atoms with Crippen LogP contribution in [-0.4, -0.2) is 49.4 Å². The highest BCUT2D eigenvalue weighted by Gasteiger charge is 2.36. The highest BCUT2D eigenvalue weighted by Crippen LogP contribution is 2.28. The van der Waals surface area contributed by atoms with Crippen LogP contribution in [0.5, 0.6) is 0 Å². The molecule has 1 heterocycles. The minimum absolute atomic E-state index is 0.0187. The van der Waals surface area contributed by atoms with Crippen LogP contribution in [0.4, 0.5) is 14.5 Å². The van der Waals surface area contributed by atoms with E-state index >= 15 is 0 Å². The molecule has 0 bridgehead atoms. The molecule has 3 rings (SSSR count). The minimum atomic E-state index is -0.796. The van der Waals surface area contributed by atoms with Crippen molar-refractivity contribution in [3.63, 3.8) is 0 Å². The van der Waals surface area contributed by atoms with E-state index in [2.05, 4.69) is 10.2 Å². The van der Waals surface area contributed by atoms with E-state index in [1.165, 1.54) is 23.8 Å². The van der Waals surface area contributed by atoms with Crippen molar-refractivity contribution in [2.24, 2.45) is 5.92 Å². The normalized spacial score (nSPS) is 20.8. The summed E-state index contributed by atoms with van der Waals surface area (Å²) >= 11 is 0. The molecule has 2 aliphatic rings. The Balaban J connectivity index is 1.54. The number of nitrogens with zero attached hydrogens (tertiary/aromatic N) is 2. The number of carbonyl (C=O) groups is 2. The van der Waals surface area contributed by atoms with Crippen LogP contribution < -0.4 is 10.2 Å². The lowest BCUT2D eigenvalue weighted by molar-refractivity contribution is -0.126. The van der Waals surface area contributed by atoms with Crippen LogP contribution in [0.25, 0.3) is 0 Å². The minimum Gasteiger partial charge on any atom is -0.355 e. The summed E-state index contributed by atoms with van der Waals surface area (Å²) in [6, 6.07) is 3.70. The van der Waals surface area contributed by atoms with Gasteiger partial charge < -0.3 is 15.1 Å². The Morgan fingerprint density at radius 2 is 2.12 bits per heavy atom. The largest absolute Gasteiger partial charge is 0.355 e. The quantitative estimate of drug-likeness (QED) is 0.856. The Hall–Kier alpha value is -2.02. The van der Waals surface area contributed by atoms with Crippen molar-refractivity contribution in [3.05, 3.63) is 29.8 Å². The van der Waals surface area contributed by atoms with Gasteiger partial charge in [-0.05, 0) is 32.0 Å². The van der Waals surface area contributed by atoms with E-state index in [1.54, 1.807) is 0 Å². The third-order valence-corrected chi connectivity index (χ3v) is 4.63. The van der Waals surface area contributed by atoms with Gasteiger partial charge in [0.25, 0.3) is 0 Å². The summed E-state index contributed by atoms with van der Waals surface area (Å²) in [6.45, 7) is 1.42. The molecule has 24 heavy (non-hydrogen) atoms.